The van der Waals surface area contributed by atoms with Crippen LogP contribution in [0.25, 0.3) is 0 Å². The van der Waals surface area contributed by atoms with Crippen molar-refractivity contribution in [2.75, 3.05) is 7.11 Å². The quantitative estimate of drug-likeness (QED) is 0.842. The monoisotopic (exact) mass is 279 g/mol. The predicted molar refractivity (Wildman–Crippen MR) is 75.9 cm³/mol. The van der Waals surface area contributed by atoms with Crippen LogP contribution in [0.2, 0.25) is 0 Å². The summed E-state index contributed by atoms with van der Waals surface area (Å²) in [6.07, 6.45) is 5.08. The van der Waals surface area contributed by atoms with Gasteiger partial charge in [-0.25, -0.2) is 4.39 Å². The number of methoxy groups -OCH3 is 1. The van der Waals surface area contributed by atoms with E-state index in [2.05, 4.69) is 5.32 Å². The van der Waals surface area contributed by atoms with Gasteiger partial charge in [0.2, 0.25) is 0 Å². The van der Waals surface area contributed by atoms with Gasteiger partial charge in [-0.1, -0.05) is 25.0 Å². The van der Waals surface area contributed by atoms with Gasteiger partial charge in [0, 0.05) is 12.5 Å². The van der Waals surface area contributed by atoms with E-state index in [0.29, 0.717) is 12.5 Å². The van der Waals surface area contributed by atoms with Crippen LogP contribution in [0.4, 0.5) is 4.39 Å². The molecule has 0 heterocycles. The Labute approximate surface area is 119 Å². The average molecular weight is 279 g/mol. The Morgan fingerprint density at radius 2 is 1.95 bits per heavy atom. The molecule has 3 nitrogen and oxygen atoms in total. The van der Waals surface area contributed by atoms with Gasteiger partial charge in [-0.15, -0.1) is 0 Å². The fourth-order valence-corrected chi connectivity index (χ4v) is 2.94. The summed E-state index contributed by atoms with van der Waals surface area (Å²) in [5, 5.41) is 3.44. The molecular weight excluding hydrogens is 257 g/mol. The van der Waals surface area contributed by atoms with E-state index in [1.165, 1.54) is 32.1 Å². The minimum atomic E-state index is -0.762. The van der Waals surface area contributed by atoms with Crippen molar-refractivity contribution in [1.82, 2.24) is 5.32 Å². The topological polar surface area (TPSA) is 38.3 Å². The van der Waals surface area contributed by atoms with Crippen molar-refractivity contribution in [1.29, 1.82) is 0 Å². The Balaban J connectivity index is 2.13. The first kappa shape index (κ1) is 15.0. The molecule has 1 aliphatic rings. The molecule has 1 unspecified atom stereocenters. The van der Waals surface area contributed by atoms with Gasteiger partial charge in [-0.05, 0) is 37.5 Å². The lowest BCUT2D eigenvalue weighted by Crippen LogP contribution is -2.55. The highest BCUT2D eigenvalue weighted by Crippen LogP contribution is 2.23. The van der Waals surface area contributed by atoms with E-state index in [-0.39, 0.29) is 11.8 Å². The van der Waals surface area contributed by atoms with Gasteiger partial charge >= 0.3 is 5.97 Å². The first-order valence-corrected chi connectivity index (χ1v) is 7.14. The molecule has 0 bridgehead atoms. The molecule has 0 aromatic heterocycles. The van der Waals surface area contributed by atoms with Gasteiger partial charge < -0.3 is 4.74 Å². The zero-order chi connectivity index (χ0) is 14.6. The number of nitrogens with one attached hydrogen (secondary N) is 1. The molecule has 1 fully saturated rings. The van der Waals surface area contributed by atoms with E-state index in [4.69, 9.17) is 4.74 Å². The van der Waals surface area contributed by atoms with Gasteiger partial charge in [-0.3, -0.25) is 10.1 Å². The number of halogens is 1. The molecule has 0 spiro atoms. The molecule has 0 aliphatic heterocycles. The summed E-state index contributed by atoms with van der Waals surface area (Å²) in [7, 11) is 1.40. The number of carbonyl (C=O) groups is 1. The van der Waals surface area contributed by atoms with Gasteiger partial charge in [0.05, 0.1) is 7.11 Å². The van der Waals surface area contributed by atoms with E-state index in [1.807, 2.05) is 6.92 Å². The maximum absolute atomic E-state index is 13.0. The van der Waals surface area contributed by atoms with Crippen LogP contribution in [0.5, 0.6) is 0 Å². The molecular formula is C16H22FNO2. The minimum Gasteiger partial charge on any atom is -0.468 e. The molecule has 0 radical (unpaired) electrons. The number of carbonyl (C=O) groups excluding carboxylic acids is 1. The Kier molecular flexibility index (Phi) is 4.76. The first-order chi connectivity index (χ1) is 9.53. The van der Waals surface area contributed by atoms with Crippen molar-refractivity contribution in [2.45, 2.75) is 50.6 Å². The number of rotatable bonds is 5. The fraction of sp³-hybridized carbons (Fsp3) is 0.562. The number of hydrogen-bond acceptors (Lipinski definition) is 3. The van der Waals surface area contributed by atoms with Crippen LogP contribution >= 0.6 is 0 Å². The Bertz CT molecular complexity index is 454. The molecule has 2 rings (SSSR count). The van der Waals surface area contributed by atoms with Crippen LogP contribution in [0.3, 0.4) is 0 Å². The summed E-state index contributed by atoms with van der Waals surface area (Å²) < 4.78 is 17.9. The maximum atomic E-state index is 13.0. The van der Waals surface area contributed by atoms with E-state index in [9.17, 15) is 9.18 Å². The second-order valence-electron chi connectivity index (χ2n) is 5.75. The molecule has 0 amide bonds. The van der Waals surface area contributed by atoms with Gasteiger partial charge in [0.25, 0.3) is 0 Å². The maximum Gasteiger partial charge on any atom is 0.326 e. The lowest BCUT2D eigenvalue weighted by molar-refractivity contribution is -0.148. The molecule has 1 N–H and O–H groups in total. The third-order valence-corrected chi connectivity index (χ3v) is 3.98. The Hall–Kier alpha value is -1.42. The highest BCUT2D eigenvalue weighted by Gasteiger charge is 2.37. The van der Waals surface area contributed by atoms with E-state index in [1.54, 1.807) is 12.1 Å². The van der Waals surface area contributed by atoms with Crippen molar-refractivity contribution in [3.05, 3.63) is 35.6 Å². The lowest BCUT2D eigenvalue weighted by atomic mass is 9.91. The number of hydrogen-bond donors (Lipinski definition) is 1. The standard InChI is InChI=1S/C16H22FNO2/c1-16(15(19)20-2,18-14-5-3-4-6-14)11-12-7-9-13(17)10-8-12/h7-10,14,18H,3-6,11H2,1-2H3. The lowest BCUT2D eigenvalue weighted by Gasteiger charge is -2.31. The van der Waals surface area contributed by atoms with Crippen LogP contribution in [-0.2, 0) is 16.0 Å². The van der Waals surface area contributed by atoms with Gasteiger partial charge in [0.15, 0.2) is 0 Å². The van der Waals surface area contributed by atoms with E-state index >= 15 is 0 Å². The van der Waals surface area contributed by atoms with Crippen molar-refractivity contribution in [2.24, 2.45) is 0 Å². The molecule has 1 aromatic carbocycles. The largest absolute Gasteiger partial charge is 0.468 e. The highest BCUT2D eigenvalue weighted by atomic mass is 19.1. The third kappa shape index (κ3) is 3.57. The fourth-order valence-electron chi connectivity index (χ4n) is 2.94. The molecule has 110 valence electrons. The molecule has 20 heavy (non-hydrogen) atoms. The van der Waals surface area contributed by atoms with Crippen LogP contribution in [0.1, 0.15) is 38.2 Å². The molecule has 4 heteroatoms. The predicted octanol–water partition coefficient (Wildman–Crippen LogP) is 2.83. The average Bonchev–Trinajstić information content (AvgIpc) is 2.93. The summed E-state index contributed by atoms with van der Waals surface area (Å²) in [4.78, 5) is 12.1. The van der Waals surface area contributed by atoms with Gasteiger partial charge in [-0.2, -0.15) is 0 Å². The second-order valence-corrected chi connectivity index (χ2v) is 5.75. The summed E-state index contributed by atoms with van der Waals surface area (Å²) in [6.45, 7) is 1.86. The Morgan fingerprint density at radius 3 is 2.50 bits per heavy atom. The third-order valence-electron chi connectivity index (χ3n) is 3.98. The highest BCUT2D eigenvalue weighted by molar-refractivity contribution is 5.80. The smallest absolute Gasteiger partial charge is 0.326 e. The van der Waals surface area contributed by atoms with Crippen molar-refractivity contribution >= 4 is 5.97 Å². The summed E-state index contributed by atoms with van der Waals surface area (Å²) >= 11 is 0. The van der Waals surface area contributed by atoms with Crippen molar-refractivity contribution in [3.8, 4) is 0 Å². The first-order valence-electron chi connectivity index (χ1n) is 7.14. The SMILES string of the molecule is COC(=O)C(C)(Cc1ccc(F)cc1)NC1CCCC1. The van der Waals surface area contributed by atoms with Crippen molar-refractivity contribution in [3.63, 3.8) is 0 Å². The van der Waals surface area contributed by atoms with Crippen molar-refractivity contribution < 1.29 is 13.9 Å². The second kappa shape index (κ2) is 6.35. The molecule has 1 saturated carbocycles. The number of esters is 1. The minimum absolute atomic E-state index is 0.266. The van der Waals surface area contributed by atoms with E-state index < -0.39 is 5.54 Å². The van der Waals surface area contributed by atoms with Crippen LogP contribution in [0.15, 0.2) is 24.3 Å². The number of benzene rings is 1. The molecule has 0 saturated heterocycles. The molecule has 1 atom stereocenters. The summed E-state index contributed by atoms with van der Waals surface area (Å²) in [6, 6.07) is 6.63. The normalized spacial score (nSPS) is 18.8. The zero-order valence-corrected chi connectivity index (χ0v) is 12.1. The van der Waals surface area contributed by atoms with Crippen LogP contribution in [0, 0.1) is 5.82 Å². The molecule has 1 aromatic rings. The summed E-state index contributed by atoms with van der Waals surface area (Å²) in [5.74, 6) is -0.536. The van der Waals surface area contributed by atoms with Gasteiger partial charge in [0.1, 0.15) is 11.4 Å². The Morgan fingerprint density at radius 1 is 1.35 bits per heavy atom. The van der Waals surface area contributed by atoms with E-state index in [0.717, 1.165) is 18.4 Å². The van der Waals surface area contributed by atoms with Crippen LogP contribution in [-0.4, -0.2) is 24.7 Å². The van der Waals surface area contributed by atoms with Crippen LogP contribution < -0.4 is 5.32 Å². The molecule has 1 aliphatic carbocycles. The summed E-state index contributed by atoms with van der Waals surface area (Å²) in [5.41, 5.74) is 0.159. The zero-order valence-electron chi connectivity index (χ0n) is 12.1. The number of ether oxygens (including phenoxy) is 1.